The average Bonchev–Trinajstić information content (AvgIpc) is 3.23. The Morgan fingerprint density at radius 2 is 1.87 bits per heavy atom. The highest BCUT2D eigenvalue weighted by molar-refractivity contribution is 7.91. The van der Waals surface area contributed by atoms with Gasteiger partial charge in [-0.1, -0.05) is 24.3 Å². The van der Waals surface area contributed by atoms with E-state index in [0.29, 0.717) is 18.1 Å². The maximum Gasteiger partial charge on any atom is 0.267 e. The van der Waals surface area contributed by atoms with Gasteiger partial charge in [-0.3, -0.25) is 9.78 Å². The summed E-state index contributed by atoms with van der Waals surface area (Å²) in [4.78, 5) is 19.8. The SMILES string of the molecule is CCOc1ccccc1S(=O)(=O)c1ccc(CNC(=O)c2cc3cnccc3[nH]2)cc1. The quantitative estimate of drug-likeness (QED) is 0.461. The number of amides is 1. The van der Waals surface area contributed by atoms with Crippen molar-refractivity contribution in [3.05, 3.63) is 84.3 Å². The number of hydrogen-bond acceptors (Lipinski definition) is 5. The number of fused-ring (bicyclic) bond motifs is 1. The number of sulfone groups is 1. The largest absolute Gasteiger partial charge is 0.493 e. The fourth-order valence-corrected chi connectivity index (χ4v) is 4.63. The summed E-state index contributed by atoms with van der Waals surface area (Å²) in [6, 6.07) is 16.6. The number of nitrogens with one attached hydrogen (secondary N) is 2. The predicted octanol–water partition coefficient (Wildman–Crippen LogP) is 3.72. The molecule has 7 nitrogen and oxygen atoms in total. The third kappa shape index (κ3) is 4.29. The van der Waals surface area contributed by atoms with Crippen LogP contribution in [0, 0.1) is 0 Å². The van der Waals surface area contributed by atoms with Crippen LogP contribution in [0.5, 0.6) is 5.75 Å². The summed E-state index contributed by atoms with van der Waals surface area (Å²) in [5.74, 6) is 0.0772. The number of aromatic amines is 1. The van der Waals surface area contributed by atoms with Gasteiger partial charge in [0.1, 0.15) is 16.3 Å². The van der Waals surface area contributed by atoms with Crippen LogP contribution in [-0.4, -0.2) is 30.9 Å². The van der Waals surface area contributed by atoms with Crippen molar-refractivity contribution in [3.8, 4) is 5.75 Å². The highest BCUT2D eigenvalue weighted by atomic mass is 32.2. The van der Waals surface area contributed by atoms with Gasteiger partial charge < -0.3 is 15.0 Å². The van der Waals surface area contributed by atoms with Crippen molar-refractivity contribution in [2.24, 2.45) is 0 Å². The predicted molar refractivity (Wildman–Crippen MR) is 117 cm³/mol. The smallest absolute Gasteiger partial charge is 0.267 e. The van der Waals surface area contributed by atoms with E-state index < -0.39 is 9.84 Å². The molecule has 0 spiro atoms. The van der Waals surface area contributed by atoms with Crippen LogP contribution in [0.25, 0.3) is 10.9 Å². The highest BCUT2D eigenvalue weighted by Gasteiger charge is 2.22. The number of H-pyrrole nitrogens is 1. The first-order valence-corrected chi connectivity index (χ1v) is 11.2. The Morgan fingerprint density at radius 1 is 1.10 bits per heavy atom. The second-order valence-electron chi connectivity index (χ2n) is 6.86. The normalized spacial score (nSPS) is 11.4. The number of para-hydroxylation sites is 1. The monoisotopic (exact) mass is 435 g/mol. The molecular formula is C23H21N3O4S. The number of rotatable bonds is 7. The molecule has 0 radical (unpaired) electrons. The number of carbonyl (C=O) groups is 1. The van der Waals surface area contributed by atoms with Crippen LogP contribution >= 0.6 is 0 Å². The minimum absolute atomic E-state index is 0.131. The molecule has 0 aliphatic heterocycles. The van der Waals surface area contributed by atoms with Gasteiger partial charge in [0.2, 0.25) is 9.84 Å². The van der Waals surface area contributed by atoms with E-state index in [1.165, 1.54) is 18.2 Å². The molecular weight excluding hydrogens is 414 g/mol. The number of ether oxygens (including phenoxy) is 1. The van der Waals surface area contributed by atoms with E-state index >= 15 is 0 Å². The Labute approximate surface area is 180 Å². The fraction of sp³-hybridized carbons (Fsp3) is 0.130. The lowest BCUT2D eigenvalue weighted by Gasteiger charge is -2.11. The van der Waals surface area contributed by atoms with Crippen molar-refractivity contribution in [2.45, 2.75) is 23.3 Å². The van der Waals surface area contributed by atoms with Crippen LogP contribution in [-0.2, 0) is 16.4 Å². The van der Waals surface area contributed by atoms with Crippen molar-refractivity contribution >= 4 is 26.6 Å². The zero-order valence-electron chi connectivity index (χ0n) is 16.8. The lowest BCUT2D eigenvalue weighted by Crippen LogP contribution is -2.23. The van der Waals surface area contributed by atoms with Crippen LogP contribution in [0.2, 0.25) is 0 Å². The third-order valence-electron chi connectivity index (χ3n) is 4.79. The van der Waals surface area contributed by atoms with E-state index in [4.69, 9.17) is 4.74 Å². The van der Waals surface area contributed by atoms with E-state index in [2.05, 4.69) is 15.3 Å². The van der Waals surface area contributed by atoms with Crippen LogP contribution in [0.3, 0.4) is 0 Å². The summed E-state index contributed by atoms with van der Waals surface area (Å²) in [5.41, 5.74) is 2.06. The van der Waals surface area contributed by atoms with Crippen LogP contribution in [0.15, 0.2) is 82.8 Å². The van der Waals surface area contributed by atoms with Gasteiger partial charge in [-0.15, -0.1) is 0 Å². The summed E-state index contributed by atoms with van der Waals surface area (Å²) in [5, 5.41) is 3.69. The number of carbonyl (C=O) groups excluding carboxylic acids is 1. The second-order valence-corrected chi connectivity index (χ2v) is 8.77. The van der Waals surface area contributed by atoms with E-state index in [1.54, 1.807) is 61.8 Å². The van der Waals surface area contributed by atoms with E-state index in [1.807, 2.05) is 0 Å². The first-order valence-electron chi connectivity index (χ1n) is 9.76. The molecule has 0 atom stereocenters. The molecule has 31 heavy (non-hydrogen) atoms. The van der Waals surface area contributed by atoms with Crippen molar-refractivity contribution in [1.82, 2.24) is 15.3 Å². The van der Waals surface area contributed by atoms with Crippen LogP contribution in [0.4, 0.5) is 0 Å². The summed E-state index contributed by atoms with van der Waals surface area (Å²) in [6.45, 7) is 2.44. The van der Waals surface area contributed by atoms with E-state index in [9.17, 15) is 13.2 Å². The number of hydrogen-bond donors (Lipinski definition) is 2. The number of pyridine rings is 1. The molecule has 4 rings (SSSR count). The Morgan fingerprint density at radius 3 is 2.61 bits per heavy atom. The lowest BCUT2D eigenvalue weighted by atomic mass is 10.2. The minimum Gasteiger partial charge on any atom is -0.493 e. The number of benzene rings is 2. The van der Waals surface area contributed by atoms with Crippen LogP contribution < -0.4 is 10.1 Å². The topological polar surface area (TPSA) is 101 Å². The minimum atomic E-state index is -3.72. The third-order valence-corrected chi connectivity index (χ3v) is 6.60. The molecule has 2 N–H and O–H groups in total. The van der Waals surface area contributed by atoms with Gasteiger partial charge in [-0.05, 0) is 48.9 Å². The molecule has 4 aromatic rings. The molecule has 2 aromatic heterocycles. The molecule has 0 saturated carbocycles. The highest BCUT2D eigenvalue weighted by Crippen LogP contribution is 2.29. The van der Waals surface area contributed by atoms with Crippen LogP contribution in [0.1, 0.15) is 23.0 Å². The Bertz CT molecular complexity index is 1300. The molecule has 8 heteroatoms. The molecule has 0 saturated heterocycles. The molecule has 2 aromatic carbocycles. The van der Waals surface area contributed by atoms with Crippen molar-refractivity contribution < 1.29 is 17.9 Å². The maximum atomic E-state index is 13.0. The van der Waals surface area contributed by atoms with Gasteiger partial charge in [0.15, 0.2) is 0 Å². The molecule has 0 unspecified atom stereocenters. The van der Waals surface area contributed by atoms with Gasteiger partial charge in [0.25, 0.3) is 5.91 Å². The Balaban J connectivity index is 1.47. The molecule has 0 aliphatic carbocycles. The molecule has 158 valence electrons. The van der Waals surface area contributed by atoms with Gasteiger partial charge >= 0.3 is 0 Å². The Hall–Kier alpha value is -3.65. The first-order chi connectivity index (χ1) is 15.0. The second kappa shape index (κ2) is 8.61. The standard InChI is InChI=1S/C23H21N3O4S/c1-2-30-21-5-3-4-6-22(21)31(28,29)18-9-7-16(8-10-18)14-25-23(27)20-13-17-15-24-12-11-19(17)26-20/h3-13,15,26H,2,14H2,1H3,(H,25,27). The first kappa shape index (κ1) is 20.6. The molecule has 1 amide bonds. The average molecular weight is 436 g/mol. The molecule has 2 heterocycles. The zero-order chi connectivity index (χ0) is 21.8. The zero-order valence-corrected chi connectivity index (χ0v) is 17.6. The van der Waals surface area contributed by atoms with Crippen molar-refractivity contribution in [2.75, 3.05) is 6.61 Å². The van der Waals surface area contributed by atoms with E-state index in [-0.39, 0.29) is 22.2 Å². The molecule has 0 bridgehead atoms. The molecule has 0 fully saturated rings. The number of aromatic nitrogens is 2. The maximum absolute atomic E-state index is 13.0. The lowest BCUT2D eigenvalue weighted by molar-refractivity contribution is 0.0946. The Kier molecular flexibility index (Phi) is 5.73. The summed E-state index contributed by atoms with van der Waals surface area (Å²) < 4.78 is 31.5. The van der Waals surface area contributed by atoms with E-state index in [0.717, 1.165) is 16.5 Å². The summed E-state index contributed by atoms with van der Waals surface area (Å²) >= 11 is 0. The molecule has 0 aliphatic rings. The summed E-state index contributed by atoms with van der Waals surface area (Å²) in [7, 11) is -3.72. The fourth-order valence-electron chi connectivity index (χ4n) is 3.23. The number of nitrogens with zero attached hydrogens (tertiary/aromatic N) is 1. The van der Waals surface area contributed by atoms with Crippen molar-refractivity contribution in [3.63, 3.8) is 0 Å². The van der Waals surface area contributed by atoms with Crippen molar-refractivity contribution in [1.29, 1.82) is 0 Å². The summed E-state index contributed by atoms with van der Waals surface area (Å²) in [6.07, 6.45) is 3.34. The van der Waals surface area contributed by atoms with Gasteiger partial charge in [0.05, 0.1) is 11.5 Å². The van der Waals surface area contributed by atoms with Gasteiger partial charge in [-0.2, -0.15) is 0 Å². The van der Waals surface area contributed by atoms with Gasteiger partial charge in [0, 0.05) is 29.8 Å². The van der Waals surface area contributed by atoms with Gasteiger partial charge in [-0.25, -0.2) is 8.42 Å².